The fraction of sp³-hybridized carbons (Fsp3) is 0.320. The zero-order valence-corrected chi connectivity index (χ0v) is 18.5. The van der Waals surface area contributed by atoms with Gasteiger partial charge in [-0.05, 0) is 48.2 Å². The van der Waals surface area contributed by atoms with Gasteiger partial charge in [-0.3, -0.25) is 4.79 Å². The molecule has 1 aromatic heterocycles. The molecule has 7 nitrogen and oxygen atoms in total. The summed E-state index contributed by atoms with van der Waals surface area (Å²) in [5, 5.41) is 0. The molecule has 4 rings (SSSR count). The van der Waals surface area contributed by atoms with Gasteiger partial charge in [0.15, 0.2) is 0 Å². The van der Waals surface area contributed by atoms with Crippen molar-refractivity contribution < 1.29 is 14.3 Å². The Morgan fingerprint density at radius 3 is 2.38 bits per heavy atom. The SMILES string of the molecule is COc1ccc(CC(=O)N2CCCC(c3nc(N)ncc3-c3ccc(OC)cc3)C2)cc1. The Hall–Kier alpha value is -3.61. The summed E-state index contributed by atoms with van der Waals surface area (Å²) < 4.78 is 10.5. The molecule has 32 heavy (non-hydrogen) atoms. The Kier molecular flexibility index (Phi) is 6.54. The molecule has 1 fully saturated rings. The number of methoxy groups -OCH3 is 2. The fourth-order valence-corrected chi connectivity index (χ4v) is 4.17. The Bertz CT molecular complexity index is 1070. The van der Waals surface area contributed by atoms with E-state index in [1.54, 1.807) is 20.4 Å². The topological polar surface area (TPSA) is 90.6 Å². The third-order valence-corrected chi connectivity index (χ3v) is 5.91. The van der Waals surface area contributed by atoms with E-state index < -0.39 is 0 Å². The van der Waals surface area contributed by atoms with E-state index >= 15 is 0 Å². The number of nitrogen functional groups attached to an aromatic ring is 1. The number of aromatic nitrogens is 2. The highest BCUT2D eigenvalue weighted by Crippen LogP contribution is 2.34. The lowest BCUT2D eigenvalue weighted by Crippen LogP contribution is -2.40. The van der Waals surface area contributed by atoms with Gasteiger partial charge in [-0.2, -0.15) is 0 Å². The number of nitrogens with zero attached hydrogens (tertiary/aromatic N) is 3. The minimum absolute atomic E-state index is 0.103. The highest BCUT2D eigenvalue weighted by molar-refractivity contribution is 5.79. The van der Waals surface area contributed by atoms with Gasteiger partial charge in [-0.25, -0.2) is 9.97 Å². The number of nitrogens with two attached hydrogens (primary N) is 1. The van der Waals surface area contributed by atoms with Crippen LogP contribution in [0.25, 0.3) is 11.1 Å². The van der Waals surface area contributed by atoms with Crippen LogP contribution in [0.5, 0.6) is 11.5 Å². The largest absolute Gasteiger partial charge is 0.497 e. The normalized spacial score (nSPS) is 15.9. The van der Waals surface area contributed by atoms with Crippen LogP contribution in [0.15, 0.2) is 54.7 Å². The minimum atomic E-state index is 0.103. The fourth-order valence-electron chi connectivity index (χ4n) is 4.17. The second-order valence-corrected chi connectivity index (χ2v) is 7.96. The molecule has 2 aromatic carbocycles. The van der Waals surface area contributed by atoms with E-state index in [1.165, 1.54) is 0 Å². The van der Waals surface area contributed by atoms with Gasteiger partial charge in [0.1, 0.15) is 11.5 Å². The summed E-state index contributed by atoms with van der Waals surface area (Å²) in [6.07, 6.45) is 4.02. The van der Waals surface area contributed by atoms with Crippen LogP contribution in [0.1, 0.15) is 30.0 Å². The van der Waals surface area contributed by atoms with Crippen molar-refractivity contribution in [3.63, 3.8) is 0 Å². The zero-order valence-electron chi connectivity index (χ0n) is 18.5. The lowest BCUT2D eigenvalue weighted by Gasteiger charge is -2.33. The minimum Gasteiger partial charge on any atom is -0.497 e. The van der Waals surface area contributed by atoms with E-state index in [0.717, 1.165) is 53.3 Å². The van der Waals surface area contributed by atoms with E-state index in [4.69, 9.17) is 15.2 Å². The first-order chi connectivity index (χ1) is 15.6. The number of carbonyl (C=O) groups excluding carboxylic acids is 1. The molecule has 1 aliphatic heterocycles. The van der Waals surface area contributed by atoms with Crippen molar-refractivity contribution in [2.45, 2.75) is 25.2 Å². The van der Waals surface area contributed by atoms with Crippen molar-refractivity contribution in [1.29, 1.82) is 0 Å². The van der Waals surface area contributed by atoms with Crippen LogP contribution >= 0.6 is 0 Å². The van der Waals surface area contributed by atoms with Crippen molar-refractivity contribution in [3.8, 4) is 22.6 Å². The van der Waals surface area contributed by atoms with Crippen LogP contribution in [0.3, 0.4) is 0 Å². The van der Waals surface area contributed by atoms with E-state index in [9.17, 15) is 4.79 Å². The molecule has 2 heterocycles. The summed E-state index contributed by atoms with van der Waals surface area (Å²) in [5.41, 5.74) is 9.76. The molecule has 2 N–H and O–H groups in total. The van der Waals surface area contributed by atoms with Crippen molar-refractivity contribution >= 4 is 11.9 Å². The van der Waals surface area contributed by atoms with Crippen molar-refractivity contribution in [1.82, 2.24) is 14.9 Å². The highest BCUT2D eigenvalue weighted by atomic mass is 16.5. The van der Waals surface area contributed by atoms with Gasteiger partial charge >= 0.3 is 0 Å². The standard InChI is InChI=1S/C25H28N4O3/c1-31-20-9-5-17(6-10-20)14-23(30)29-13-3-4-19(16-29)24-22(15-27-25(26)28-24)18-7-11-21(32-2)12-8-18/h5-12,15,19H,3-4,13-14,16H2,1-2H3,(H2,26,27,28). The molecule has 0 bridgehead atoms. The molecule has 1 amide bonds. The van der Waals surface area contributed by atoms with E-state index in [2.05, 4.69) is 9.97 Å². The van der Waals surface area contributed by atoms with Gasteiger partial charge in [0.05, 0.1) is 26.3 Å². The first-order valence-corrected chi connectivity index (χ1v) is 10.7. The molecule has 0 aliphatic carbocycles. The number of anilines is 1. The number of rotatable bonds is 6. The lowest BCUT2D eigenvalue weighted by molar-refractivity contribution is -0.131. The third-order valence-electron chi connectivity index (χ3n) is 5.91. The van der Waals surface area contributed by atoms with E-state index in [-0.39, 0.29) is 17.8 Å². The van der Waals surface area contributed by atoms with Crippen molar-refractivity contribution in [3.05, 3.63) is 66.0 Å². The number of hydrogen-bond acceptors (Lipinski definition) is 6. The van der Waals surface area contributed by atoms with Gasteiger partial charge in [0.25, 0.3) is 0 Å². The van der Waals surface area contributed by atoms with Gasteiger partial charge in [0, 0.05) is 30.8 Å². The Balaban J connectivity index is 1.53. The average molecular weight is 433 g/mol. The summed E-state index contributed by atoms with van der Waals surface area (Å²) in [7, 11) is 3.28. The molecule has 0 radical (unpaired) electrons. The number of ether oxygens (including phenoxy) is 2. The van der Waals surface area contributed by atoms with Crippen LogP contribution in [0.4, 0.5) is 5.95 Å². The molecule has 1 saturated heterocycles. The summed E-state index contributed by atoms with van der Waals surface area (Å²) >= 11 is 0. The van der Waals surface area contributed by atoms with Gasteiger partial charge in [-0.15, -0.1) is 0 Å². The second kappa shape index (κ2) is 9.68. The Morgan fingerprint density at radius 1 is 1.06 bits per heavy atom. The van der Waals surface area contributed by atoms with Crippen LogP contribution in [0, 0.1) is 0 Å². The average Bonchev–Trinajstić information content (AvgIpc) is 2.84. The number of piperidine rings is 1. The highest BCUT2D eigenvalue weighted by Gasteiger charge is 2.28. The Morgan fingerprint density at radius 2 is 1.72 bits per heavy atom. The van der Waals surface area contributed by atoms with Crippen LogP contribution < -0.4 is 15.2 Å². The Labute approximate surface area is 188 Å². The molecule has 1 aliphatic rings. The van der Waals surface area contributed by atoms with Crippen molar-refractivity contribution in [2.24, 2.45) is 0 Å². The number of amides is 1. The first kappa shape index (κ1) is 21.6. The smallest absolute Gasteiger partial charge is 0.227 e. The molecule has 0 spiro atoms. The molecular weight excluding hydrogens is 404 g/mol. The maximum absolute atomic E-state index is 13.0. The molecule has 1 atom stereocenters. The third kappa shape index (κ3) is 4.82. The van der Waals surface area contributed by atoms with Crippen LogP contribution in [0.2, 0.25) is 0 Å². The maximum Gasteiger partial charge on any atom is 0.227 e. The van der Waals surface area contributed by atoms with E-state index in [0.29, 0.717) is 13.0 Å². The summed E-state index contributed by atoms with van der Waals surface area (Å²) in [4.78, 5) is 23.8. The molecule has 3 aromatic rings. The molecule has 166 valence electrons. The number of hydrogen-bond donors (Lipinski definition) is 1. The second-order valence-electron chi connectivity index (χ2n) is 7.96. The quantitative estimate of drug-likeness (QED) is 0.639. The maximum atomic E-state index is 13.0. The van der Waals surface area contributed by atoms with Crippen LogP contribution in [-0.2, 0) is 11.2 Å². The molecular formula is C25H28N4O3. The first-order valence-electron chi connectivity index (χ1n) is 10.7. The summed E-state index contributed by atoms with van der Waals surface area (Å²) in [6.45, 7) is 1.37. The number of likely N-dealkylation sites (tertiary alicyclic amines) is 1. The number of benzene rings is 2. The monoisotopic (exact) mass is 432 g/mol. The number of carbonyl (C=O) groups is 1. The predicted molar refractivity (Wildman–Crippen MR) is 124 cm³/mol. The molecule has 0 saturated carbocycles. The van der Waals surface area contributed by atoms with E-state index in [1.807, 2.05) is 53.4 Å². The predicted octanol–water partition coefficient (Wildman–Crippen LogP) is 3.69. The van der Waals surface area contributed by atoms with Gasteiger partial charge in [0.2, 0.25) is 11.9 Å². The van der Waals surface area contributed by atoms with Crippen LogP contribution in [-0.4, -0.2) is 48.1 Å². The summed E-state index contributed by atoms with van der Waals surface area (Å²) in [6, 6.07) is 15.5. The summed E-state index contributed by atoms with van der Waals surface area (Å²) in [5.74, 6) is 2.05. The van der Waals surface area contributed by atoms with Crippen molar-refractivity contribution in [2.75, 3.05) is 33.0 Å². The van der Waals surface area contributed by atoms with Gasteiger partial charge in [-0.1, -0.05) is 24.3 Å². The molecule has 7 heteroatoms. The molecule has 1 unspecified atom stereocenters. The zero-order chi connectivity index (χ0) is 22.5. The lowest BCUT2D eigenvalue weighted by atomic mass is 9.89. The van der Waals surface area contributed by atoms with Gasteiger partial charge < -0.3 is 20.1 Å².